The number of nitro groups is 1. The van der Waals surface area contributed by atoms with Gasteiger partial charge in [0, 0.05) is 29.1 Å². The number of hydrogen-bond acceptors (Lipinski definition) is 4. The van der Waals surface area contributed by atoms with Crippen molar-refractivity contribution in [2.75, 3.05) is 5.73 Å². The summed E-state index contributed by atoms with van der Waals surface area (Å²) in [6.45, 7) is 5.37. The van der Waals surface area contributed by atoms with Crippen LogP contribution in [0.3, 0.4) is 0 Å². The number of nitrogen functional groups attached to an aromatic ring is 1. The van der Waals surface area contributed by atoms with Gasteiger partial charge in [-0.3, -0.25) is 10.1 Å². The summed E-state index contributed by atoms with van der Waals surface area (Å²) in [6, 6.07) is 2.95. The second-order valence-corrected chi connectivity index (χ2v) is 3.75. The maximum atomic E-state index is 10.9. The van der Waals surface area contributed by atoms with Crippen LogP contribution in [-0.4, -0.2) is 19.0 Å². The topological polar surface area (TPSA) is 93.0 Å². The zero-order chi connectivity index (χ0) is 14.3. The molecule has 0 aromatic heterocycles. The highest BCUT2D eigenvalue weighted by Crippen LogP contribution is 2.33. The molecule has 6 heteroatoms. The molecule has 0 unspecified atom stereocenters. The first-order valence-corrected chi connectivity index (χ1v) is 5.67. The molecule has 1 aromatic rings. The van der Waals surface area contributed by atoms with Crippen LogP contribution in [-0.2, 0) is 0 Å². The van der Waals surface area contributed by atoms with Crippen molar-refractivity contribution in [1.82, 2.24) is 0 Å². The molecule has 0 heterocycles. The molecule has 0 amide bonds. The lowest BCUT2D eigenvalue weighted by Gasteiger charge is -2.13. The van der Waals surface area contributed by atoms with E-state index in [2.05, 4.69) is 7.85 Å². The number of benzene rings is 1. The van der Waals surface area contributed by atoms with Crippen molar-refractivity contribution in [3.8, 4) is 0 Å². The third-order valence-electron chi connectivity index (χ3n) is 2.67. The number of anilines is 1. The lowest BCUT2D eigenvalue weighted by molar-refractivity contribution is -0.385. The Kier molecular flexibility index (Phi) is 6.71. The fourth-order valence-corrected chi connectivity index (χ4v) is 1.69. The Hall–Kier alpha value is -1.85. The summed E-state index contributed by atoms with van der Waals surface area (Å²) < 4.78 is 0. The Labute approximate surface area is 108 Å². The number of nitro benzene ring substituents is 1. The number of hydrogen-bond donors (Lipinski definition) is 2. The standard InChI is InChI=1S/C11H15N3O2.CH3B/c1-3-7(2)11-8(6-12)4-9(13)5-10(11)14(15)16;1-2/h4-7,12H,3,13H2,1-2H3;1H3/t7-;/m1./s1. The molecule has 0 saturated heterocycles. The van der Waals surface area contributed by atoms with Gasteiger partial charge in [-0.15, -0.1) is 0 Å². The third-order valence-corrected chi connectivity index (χ3v) is 2.67. The molecule has 1 atom stereocenters. The molecular weight excluding hydrogens is 229 g/mol. The first kappa shape index (κ1) is 16.2. The number of nitrogens with zero attached hydrogens (tertiary/aromatic N) is 1. The van der Waals surface area contributed by atoms with Gasteiger partial charge in [-0.2, -0.15) is 0 Å². The molecule has 0 saturated carbocycles. The van der Waals surface area contributed by atoms with Gasteiger partial charge in [0.15, 0.2) is 0 Å². The third kappa shape index (κ3) is 3.58. The van der Waals surface area contributed by atoms with Crippen LogP contribution in [0.4, 0.5) is 11.4 Å². The molecule has 0 spiro atoms. The van der Waals surface area contributed by atoms with Gasteiger partial charge >= 0.3 is 0 Å². The van der Waals surface area contributed by atoms with E-state index in [4.69, 9.17) is 11.1 Å². The molecule has 96 valence electrons. The SMILES string of the molecule is CC[C@@H](C)c1c(C=N)cc(N)cc1[N+](=O)[O-].[B]C. The van der Waals surface area contributed by atoms with Crippen LogP contribution < -0.4 is 5.73 Å². The normalized spacial score (nSPS) is 11.1. The highest BCUT2D eigenvalue weighted by molar-refractivity contribution is 6.05. The molecule has 0 bridgehead atoms. The number of nitrogens with one attached hydrogen (secondary N) is 1. The second kappa shape index (κ2) is 7.47. The van der Waals surface area contributed by atoms with Gasteiger partial charge in [-0.05, 0) is 18.4 Å². The van der Waals surface area contributed by atoms with Gasteiger partial charge in [0.2, 0.25) is 0 Å². The van der Waals surface area contributed by atoms with Crippen LogP contribution in [0.25, 0.3) is 0 Å². The van der Waals surface area contributed by atoms with Crippen LogP contribution in [0.1, 0.15) is 37.3 Å². The van der Waals surface area contributed by atoms with Crippen molar-refractivity contribution in [2.45, 2.75) is 33.0 Å². The molecule has 2 radical (unpaired) electrons. The molecule has 0 aliphatic rings. The zero-order valence-corrected chi connectivity index (χ0v) is 10.9. The Morgan fingerprint density at radius 2 is 2.11 bits per heavy atom. The van der Waals surface area contributed by atoms with Crippen molar-refractivity contribution in [1.29, 1.82) is 5.41 Å². The predicted octanol–water partition coefficient (Wildman–Crippen LogP) is 2.89. The maximum Gasteiger partial charge on any atom is 0.275 e. The molecule has 3 N–H and O–H groups in total. The van der Waals surface area contributed by atoms with Gasteiger partial charge < -0.3 is 11.1 Å². The molecule has 0 aliphatic heterocycles. The van der Waals surface area contributed by atoms with Crippen molar-refractivity contribution in [2.24, 2.45) is 0 Å². The Bertz CT molecular complexity index is 436. The minimum Gasteiger partial charge on any atom is -0.399 e. The summed E-state index contributed by atoms with van der Waals surface area (Å²) in [6.07, 6.45) is 1.90. The summed E-state index contributed by atoms with van der Waals surface area (Å²) in [4.78, 5) is 10.5. The van der Waals surface area contributed by atoms with Crippen molar-refractivity contribution >= 4 is 25.4 Å². The highest BCUT2D eigenvalue weighted by atomic mass is 16.6. The maximum absolute atomic E-state index is 10.9. The minimum atomic E-state index is -0.440. The van der Waals surface area contributed by atoms with E-state index < -0.39 is 4.92 Å². The van der Waals surface area contributed by atoms with E-state index in [9.17, 15) is 10.1 Å². The van der Waals surface area contributed by atoms with E-state index in [1.165, 1.54) is 12.9 Å². The van der Waals surface area contributed by atoms with Crippen molar-refractivity contribution in [3.63, 3.8) is 0 Å². The quantitative estimate of drug-likeness (QED) is 0.281. The van der Waals surface area contributed by atoms with Crippen LogP contribution in [0, 0.1) is 15.5 Å². The average Bonchev–Trinajstić information content (AvgIpc) is 2.38. The van der Waals surface area contributed by atoms with E-state index in [0.29, 0.717) is 16.8 Å². The summed E-state index contributed by atoms with van der Waals surface area (Å²) in [5.74, 6) is 0.0394. The highest BCUT2D eigenvalue weighted by Gasteiger charge is 2.21. The van der Waals surface area contributed by atoms with Gasteiger partial charge in [0.25, 0.3) is 5.69 Å². The summed E-state index contributed by atoms with van der Waals surface area (Å²) in [5.41, 5.74) is 7.02. The Morgan fingerprint density at radius 3 is 2.50 bits per heavy atom. The smallest absolute Gasteiger partial charge is 0.275 e. The van der Waals surface area contributed by atoms with E-state index in [0.717, 1.165) is 12.6 Å². The molecular formula is C12H18BN3O2. The molecule has 1 aromatic carbocycles. The molecule has 0 aliphatic carbocycles. The van der Waals surface area contributed by atoms with Crippen LogP contribution in [0.2, 0.25) is 6.82 Å². The minimum absolute atomic E-state index is 0.00727. The Balaban J connectivity index is 0.00000137. The molecule has 0 fully saturated rings. The van der Waals surface area contributed by atoms with Gasteiger partial charge in [0.05, 0.1) is 12.8 Å². The van der Waals surface area contributed by atoms with E-state index in [1.807, 2.05) is 13.8 Å². The largest absolute Gasteiger partial charge is 0.399 e. The van der Waals surface area contributed by atoms with E-state index in [1.54, 1.807) is 6.07 Å². The van der Waals surface area contributed by atoms with Crippen LogP contribution in [0.15, 0.2) is 12.1 Å². The molecule has 1 rings (SSSR count). The lowest BCUT2D eigenvalue weighted by atomic mass is 9.92. The first-order chi connectivity index (χ1) is 8.51. The van der Waals surface area contributed by atoms with Crippen LogP contribution >= 0.6 is 0 Å². The zero-order valence-electron chi connectivity index (χ0n) is 10.9. The summed E-state index contributed by atoms with van der Waals surface area (Å²) >= 11 is 0. The fourth-order valence-electron chi connectivity index (χ4n) is 1.69. The first-order valence-electron chi connectivity index (χ1n) is 5.67. The van der Waals surface area contributed by atoms with Gasteiger partial charge in [-0.1, -0.05) is 20.7 Å². The number of rotatable bonds is 4. The lowest BCUT2D eigenvalue weighted by Crippen LogP contribution is -2.05. The summed E-state index contributed by atoms with van der Waals surface area (Å²) in [7, 11) is 4.50. The molecule has 5 nitrogen and oxygen atoms in total. The summed E-state index contributed by atoms with van der Waals surface area (Å²) in [5, 5.41) is 18.2. The van der Waals surface area contributed by atoms with Crippen LogP contribution in [0.5, 0.6) is 0 Å². The van der Waals surface area contributed by atoms with Crippen molar-refractivity contribution < 1.29 is 4.92 Å². The fraction of sp³-hybridized carbons (Fsp3) is 0.417. The van der Waals surface area contributed by atoms with E-state index >= 15 is 0 Å². The predicted molar refractivity (Wildman–Crippen MR) is 75.7 cm³/mol. The number of nitrogens with two attached hydrogens (primary N) is 1. The average molecular weight is 247 g/mol. The monoisotopic (exact) mass is 247 g/mol. The van der Waals surface area contributed by atoms with E-state index in [-0.39, 0.29) is 11.6 Å². The Morgan fingerprint density at radius 1 is 1.56 bits per heavy atom. The van der Waals surface area contributed by atoms with Crippen molar-refractivity contribution in [3.05, 3.63) is 33.4 Å². The van der Waals surface area contributed by atoms with Gasteiger partial charge in [0.1, 0.15) is 0 Å². The van der Waals surface area contributed by atoms with Gasteiger partial charge in [-0.25, -0.2) is 0 Å². The second-order valence-electron chi connectivity index (χ2n) is 3.75. The molecule has 18 heavy (non-hydrogen) atoms.